The van der Waals surface area contributed by atoms with Gasteiger partial charge in [-0.1, -0.05) is 382 Å². The molecule has 3 N–H and O–H groups in total. The molecule has 0 aromatic rings. The smallest absolute Gasteiger partial charge is 0.387 e. The van der Waals surface area contributed by atoms with Gasteiger partial charge in [-0.3, -0.25) is 13.8 Å². The third-order valence-electron chi connectivity index (χ3n) is 17.9. The normalized spacial score (nSPS) is 13.9. The van der Waals surface area contributed by atoms with Gasteiger partial charge < -0.3 is 19.8 Å². The molecule has 528 valence electrons. The van der Waals surface area contributed by atoms with Crippen molar-refractivity contribution in [2.75, 3.05) is 40.9 Å². The number of carbonyl (C=O) groups excluding carboxylic acids is 1. The van der Waals surface area contributed by atoms with Gasteiger partial charge in [-0.25, -0.2) is 4.57 Å². The third kappa shape index (κ3) is 73.4. The number of quaternary nitrogens is 1. The van der Waals surface area contributed by atoms with Gasteiger partial charge in [-0.05, 0) is 70.6 Å². The molecule has 0 spiro atoms. The van der Waals surface area contributed by atoms with Crippen molar-refractivity contribution >= 4 is 13.7 Å². The molecule has 0 saturated heterocycles. The first-order valence-corrected chi connectivity index (χ1v) is 40.8. The zero-order valence-corrected chi connectivity index (χ0v) is 61.5. The summed E-state index contributed by atoms with van der Waals surface area (Å²) in [7, 11) is 1.57. The number of carbonyl (C=O) groups is 1. The summed E-state index contributed by atoms with van der Waals surface area (Å²) in [6.07, 6.45) is 101. The van der Waals surface area contributed by atoms with Crippen LogP contribution >= 0.6 is 7.82 Å². The molecular formula is C81H154N2O6P+. The highest BCUT2D eigenvalue weighted by Gasteiger charge is 2.28. The van der Waals surface area contributed by atoms with Gasteiger partial charge >= 0.3 is 7.82 Å². The lowest BCUT2D eigenvalue weighted by Gasteiger charge is -2.25. The van der Waals surface area contributed by atoms with Crippen molar-refractivity contribution in [1.29, 1.82) is 0 Å². The Kier molecular flexibility index (Phi) is 69.6. The van der Waals surface area contributed by atoms with E-state index in [1.165, 1.54) is 302 Å². The van der Waals surface area contributed by atoms with Gasteiger partial charge in [0.2, 0.25) is 5.91 Å². The largest absolute Gasteiger partial charge is 0.472 e. The van der Waals surface area contributed by atoms with E-state index in [2.05, 4.69) is 79.9 Å². The summed E-state index contributed by atoms with van der Waals surface area (Å²) in [5.74, 6) is -0.180. The van der Waals surface area contributed by atoms with Crippen LogP contribution in [0.5, 0.6) is 0 Å². The number of phosphoric acid groups is 1. The van der Waals surface area contributed by atoms with Gasteiger partial charge in [0, 0.05) is 6.42 Å². The Morgan fingerprint density at radius 1 is 0.389 bits per heavy atom. The van der Waals surface area contributed by atoms with Crippen LogP contribution in [-0.2, 0) is 18.4 Å². The summed E-state index contributed by atoms with van der Waals surface area (Å²) < 4.78 is 23.9. The topological polar surface area (TPSA) is 105 Å². The Labute approximate surface area is 561 Å². The number of allylic oxidation sites excluding steroid dienone is 11. The second kappa shape index (κ2) is 71.2. The molecule has 0 aromatic carbocycles. The van der Waals surface area contributed by atoms with Crippen LogP contribution in [0.2, 0.25) is 0 Å². The highest BCUT2D eigenvalue weighted by molar-refractivity contribution is 7.47. The number of amides is 1. The molecule has 90 heavy (non-hydrogen) atoms. The summed E-state index contributed by atoms with van der Waals surface area (Å²) in [5, 5.41) is 14.0. The number of hydrogen-bond acceptors (Lipinski definition) is 5. The zero-order valence-electron chi connectivity index (χ0n) is 60.6. The fourth-order valence-corrected chi connectivity index (χ4v) is 12.6. The van der Waals surface area contributed by atoms with Crippen molar-refractivity contribution in [3.05, 3.63) is 72.9 Å². The number of nitrogens with zero attached hydrogens (tertiary/aromatic N) is 1. The van der Waals surface area contributed by atoms with Crippen LogP contribution in [0.25, 0.3) is 0 Å². The van der Waals surface area contributed by atoms with E-state index in [1.807, 2.05) is 27.2 Å². The SMILES string of the molecule is CC/C=C\C/C=C\C/C=C\C/C=C\CCCCCCCCCCCCCCCCCCCCCCCCCCC(=O)NC(COP(=O)(O)OCC[N+](C)(C)C)C(O)/C=C/CC/C=C/CCCCCCCCCCCCCCCCCCCCCCCCCCC. The quantitative estimate of drug-likeness (QED) is 0.0243. The Bertz CT molecular complexity index is 1700. The van der Waals surface area contributed by atoms with E-state index in [0.717, 1.165) is 64.2 Å². The molecule has 0 aliphatic carbocycles. The average Bonchev–Trinajstić information content (AvgIpc) is 3.18. The molecular weight excluding hydrogens is 1130 g/mol. The first-order valence-electron chi connectivity index (χ1n) is 39.3. The molecule has 8 nitrogen and oxygen atoms in total. The van der Waals surface area contributed by atoms with E-state index in [0.29, 0.717) is 17.4 Å². The minimum Gasteiger partial charge on any atom is -0.387 e. The summed E-state index contributed by atoms with van der Waals surface area (Å²) in [6, 6.07) is -0.866. The second-order valence-corrected chi connectivity index (χ2v) is 29.5. The molecule has 0 radical (unpaired) electrons. The van der Waals surface area contributed by atoms with Crippen LogP contribution in [-0.4, -0.2) is 73.4 Å². The van der Waals surface area contributed by atoms with Crippen molar-refractivity contribution in [1.82, 2.24) is 5.32 Å². The number of unbranched alkanes of at least 4 members (excludes halogenated alkanes) is 50. The maximum absolute atomic E-state index is 13.1. The maximum atomic E-state index is 13.1. The lowest BCUT2D eigenvalue weighted by atomic mass is 10.0. The molecule has 0 fully saturated rings. The molecule has 0 rings (SSSR count). The Balaban J connectivity index is 3.99. The number of aliphatic hydroxyl groups is 1. The van der Waals surface area contributed by atoms with Crippen molar-refractivity contribution in [2.45, 2.75) is 398 Å². The molecule has 1 amide bonds. The molecule has 0 aliphatic rings. The first kappa shape index (κ1) is 87.9. The van der Waals surface area contributed by atoms with E-state index in [-0.39, 0.29) is 19.1 Å². The standard InChI is InChI=1S/C81H153N2O6P/c1-6-8-10-12-14-16-18-20-22-24-26-28-30-32-34-36-38-39-40-41-42-43-45-47-49-51-53-55-57-59-61-63-65-67-69-71-73-75-81(85)82-79(78-89-90(86,87)88-77-76-83(3,4)5)80(84)74-72-70-68-66-64-62-60-58-56-54-52-50-48-46-44-37-35-33-31-29-27-25-23-21-19-17-15-13-11-9-7-2/h8,10,14,16,20,22,26,28,64,66,72,74,79-80,84H,6-7,9,11-13,15,17-19,21,23-25,27,29-63,65,67-71,73,75-78H2,1-5H3,(H-,82,85,86,87)/p+1/b10-8-,16-14-,22-20-,28-26-,66-64+,74-72+. The zero-order chi connectivity index (χ0) is 65.5. The summed E-state index contributed by atoms with van der Waals surface area (Å²) in [4.78, 5) is 23.5. The highest BCUT2D eigenvalue weighted by atomic mass is 31.2. The van der Waals surface area contributed by atoms with Crippen LogP contribution in [0.15, 0.2) is 72.9 Å². The highest BCUT2D eigenvalue weighted by Crippen LogP contribution is 2.43. The number of aliphatic hydroxyl groups excluding tert-OH is 1. The van der Waals surface area contributed by atoms with E-state index in [4.69, 9.17) is 9.05 Å². The predicted molar refractivity (Wildman–Crippen MR) is 397 cm³/mol. The molecule has 0 bridgehead atoms. The maximum Gasteiger partial charge on any atom is 0.472 e. The predicted octanol–water partition coefficient (Wildman–Crippen LogP) is 25.7. The molecule has 3 unspecified atom stereocenters. The molecule has 0 aliphatic heterocycles. The van der Waals surface area contributed by atoms with Gasteiger partial charge in [0.1, 0.15) is 13.2 Å². The van der Waals surface area contributed by atoms with E-state index >= 15 is 0 Å². The van der Waals surface area contributed by atoms with Crippen molar-refractivity contribution in [2.24, 2.45) is 0 Å². The fourth-order valence-electron chi connectivity index (χ4n) is 11.9. The van der Waals surface area contributed by atoms with Crippen molar-refractivity contribution in [3.63, 3.8) is 0 Å². The summed E-state index contributed by atoms with van der Waals surface area (Å²) in [5.41, 5.74) is 0. The number of nitrogens with one attached hydrogen (secondary N) is 1. The third-order valence-corrected chi connectivity index (χ3v) is 18.9. The molecule has 9 heteroatoms. The molecule has 0 saturated carbocycles. The fraction of sp³-hybridized carbons (Fsp3) is 0.840. The molecule has 0 aromatic heterocycles. The second-order valence-electron chi connectivity index (χ2n) is 28.1. The number of rotatable bonds is 73. The Morgan fingerprint density at radius 2 is 0.678 bits per heavy atom. The van der Waals surface area contributed by atoms with E-state index < -0.39 is 20.0 Å². The summed E-state index contributed by atoms with van der Waals surface area (Å²) >= 11 is 0. The van der Waals surface area contributed by atoms with Crippen molar-refractivity contribution < 1.29 is 32.9 Å². The number of hydrogen-bond donors (Lipinski definition) is 3. The van der Waals surface area contributed by atoms with Crippen LogP contribution in [0, 0.1) is 0 Å². The average molecular weight is 1280 g/mol. The summed E-state index contributed by atoms with van der Waals surface area (Å²) in [6.45, 7) is 4.74. The molecule has 0 heterocycles. The Morgan fingerprint density at radius 3 is 1.02 bits per heavy atom. The van der Waals surface area contributed by atoms with Gasteiger partial charge in [-0.2, -0.15) is 0 Å². The minimum absolute atomic E-state index is 0.0567. The van der Waals surface area contributed by atoms with Crippen LogP contribution in [0.3, 0.4) is 0 Å². The Hall–Kier alpha value is -2.06. The van der Waals surface area contributed by atoms with Gasteiger partial charge in [0.05, 0.1) is 39.9 Å². The first-order chi connectivity index (χ1) is 44.0. The van der Waals surface area contributed by atoms with E-state index in [1.54, 1.807) is 6.08 Å². The van der Waals surface area contributed by atoms with Gasteiger partial charge in [0.25, 0.3) is 0 Å². The van der Waals surface area contributed by atoms with Crippen LogP contribution < -0.4 is 5.32 Å². The number of likely N-dealkylation sites (N-methyl/N-ethyl adjacent to an activating group) is 1. The van der Waals surface area contributed by atoms with Gasteiger partial charge in [0.15, 0.2) is 0 Å². The van der Waals surface area contributed by atoms with Gasteiger partial charge in [-0.15, -0.1) is 0 Å². The van der Waals surface area contributed by atoms with Crippen molar-refractivity contribution in [3.8, 4) is 0 Å². The van der Waals surface area contributed by atoms with E-state index in [9.17, 15) is 19.4 Å². The van der Waals surface area contributed by atoms with Crippen LogP contribution in [0.1, 0.15) is 386 Å². The molecule has 3 atom stereocenters. The lowest BCUT2D eigenvalue weighted by Crippen LogP contribution is -2.45. The lowest BCUT2D eigenvalue weighted by molar-refractivity contribution is -0.870. The minimum atomic E-state index is -4.37. The monoisotopic (exact) mass is 1280 g/mol. The number of phosphoric ester groups is 1. The van der Waals surface area contributed by atoms with Crippen LogP contribution in [0.4, 0.5) is 0 Å².